The van der Waals surface area contributed by atoms with E-state index in [1.54, 1.807) is 6.20 Å². The third-order valence-corrected chi connectivity index (χ3v) is 6.76. The number of nitrogens with zero attached hydrogens (tertiary/aromatic N) is 2. The molecule has 5 aliphatic rings. The van der Waals surface area contributed by atoms with E-state index >= 15 is 0 Å². The second-order valence-corrected chi connectivity index (χ2v) is 9.03. The SMILES string of the molecule is NC(=O)c1cnc(N[C@H]2CC[C@H](OC3CC3)CC2)nc1CC12CC(C1)C2. The molecule has 5 fully saturated rings. The topological polar surface area (TPSA) is 90.1 Å². The summed E-state index contributed by atoms with van der Waals surface area (Å²) >= 11 is 0. The molecule has 0 aliphatic heterocycles. The van der Waals surface area contributed by atoms with Crippen LogP contribution in [0.25, 0.3) is 0 Å². The highest BCUT2D eigenvalue weighted by atomic mass is 16.5. The van der Waals surface area contributed by atoms with Gasteiger partial charge < -0.3 is 15.8 Å². The van der Waals surface area contributed by atoms with Gasteiger partial charge in [-0.2, -0.15) is 0 Å². The van der Waals surface area contributed by atoms with E-state index < -0.39 is 5.91 Å². The lowest BCUT2D eigenvalue weighted by molar-refractivity contribution is -0.105. The zero-order valence-corrected chi connectivity index (χ0v) is 15.2. The Labute approximate surface area is 154 Å². The highest BCUT2D eigenvalue weighted by molar-refractivity contribution is 5.93. The van der Waals surface area contributed by atoms with Crippen molar-refractivity contribution in [3.8, 4) is 0 Å². The Bertz CT molecular complexity index is 693. The lowest BCUT2D eigenvalue weighted by atomic mass is 9.43. The number of nitrogens with one attached hydrogen (secondary N) is 1. The number of hydrogen-bond donors (Lipinski definition) is 2. The number of nitrogens with two attached hydrogens (primary N) is 1. The van der Waals surface area contributed by atoms with Crippen molar-refractivity contribution in [2.75, 3.05) is 5.32 Å². The van der Waals surface area contributed by atoms with Crippen LogP contribution in [-0.2, 0) is 11.2 Å². The van der Waals surface area contributed by atoms with Crippen molar-refractivity contribution in [1.82, 2.24) is 9.97 Å². The Morgan fingerprint density at radius 2 is 1.81 bits per heavy atom. The Balaban J connectivity index is 1.23. The number of rotatable bonds is 7. The molecule has 0 saturated heterocycles. The first kappa shape index (κ1) is 16.5. The zero-order chi connectivity index (χ0) is 17.7. The lowest BCUT2D eigenvalue weighted by Gasteiger charge is -2.62. The van der Waals surface area contributed by atoms with E-state index in [0.29, 0.717) is 35.2 Å². The van der Waals surface area contributed by atoms with Gasteiger partial charge in [-0.1, -0.05) is 0 Å². The van der Waals surface area contributed by atoms with Gasteiger partial charge in [-0.05, 0) is 75.5 Å². The largest absolute Gasteiger partial charge is 0.375 e. The minimum atomic E-state index is -0.420. The molecule has 1 heterocycles. The number of anilines is 1. The summed E-state index contributed by atoms with van der Waals surface area (Å²) in [6.07, 6.45) is 14.1. The molecule has 140 valence electrons. The highest BCUT2D eigenvalue weighted by Crippen LogP contribution is 2.65. The van der Waals surface area contributed by atoms with Gasteiger partial charge in [0, 0.05) is 12.2 Å². The van der Waals surface area contributed by atoms with Gasteiger partial charge in [0.15, 0.2) is 0 Å². The Morgan fingerprint density at radius 1 is 1.15 bits per heavy atom. The second kappa shape index (κ2) is 6.19. The molecule has 0 radical (unpaired) electrons. The van der Waals surface area contributed by atoms with Crippen molar-refractivity contribution in [1.29, 1.82) is 0 Å². The summed E-state index contributed by atoms with van der Waals surface area (Å²) in [6, 6.07) is 0.385. The smallest absolute Gasteiger partial charge is 0.252 e. The van der Waals surface area contributed by atoms with Crippen molar-refractivity contribution in [3.05, 3.63) is 17.5 Å². The molecule has 0 unspecified atom stereocenters. The zero-order valence-electron chi connectivity index (χ0n) is 15.2. The van der Waals surface area contributed by atoms with Gasteiger partial charge in [0.25, 0.3) is 5.91 Å². The molecule has 1 aromatic rings. The van der Waals surface area contributed by atoms with E-state index in [1.165, 1.54) is 32.1 Å². The summed E-state index contributed by atoms with van der Waals surface area (Å²) in [6.45, 7) is 0. The predicted octanol–water partition coefficient (Wildman–Crippen LogP) is 2.82. The fourth-order valence-electron chi connectivity index (χ4n) is 5.06. The molecule has 0 aromatic carbocycles. The first-order chi connectivity index (χ1) is 12.6. The van der Waals surface area contributed by atoms with Crippen molar-refractivity contribution in [2.24, 2.45) is 17.1 Å². The number of amides is 1. The average molecular weight is 356 g/mol. The first-order valence-corrected chi connectivity index (χ1v) is 10.2. The molecular formula is C20H28N4O2. The van der Waals surface area contributed by atoms with Gasteiger partial charge >= 0.3 is 0 Å². The van der Waals surface area contributed by atoms with Crippen LogP contribution in [0.1, 0.15) is 73.8 Å². The number of ether oxygens (including phenoxy) is 1. The minimum absolute atomic E-state index is 0.385. The maximum atomic E-state index is 11.8. The summed E-state index contributed by atoms with van der Waals surface area (Å²) in [5.41, 5.74) is 7.25. The van der Waals surface area contributed by atoms with Crippen LogP contribution in [0.2, 0.25) is 0 Å². The van der Waals surface area contributed by atoms with Crippen LogP contribution in [0.3, 0.4) is 0 Å². The summed E-state index contributed by atoms with van der Waals surface area (Å²) in [4.78, 5) is 20.8. The molecule has 1 aromatic heterocycles. The van der Waals surface area contributed by atoms with Crippen LogP contribution in [0.5, 0.6) is 0 Å². The number of hydrogen-bond acceptors (Lipinski definition) is 5. The molecule has 26 heavy (non-hydrogen) atoms. The lowest BCUT2D eigenvalue weighted by Crippen LogP contribution is -2.53. The number of carbonyl (C=O) groups excluding carboxylic acids is 1. The van der Waals surface area contributed by atoms with E-state index in [2.05, 4.69) is 10.3 Å². The van der Waals surface area contributed by atoms with Gasteiger partial charge in [-0.15, -0.1) is 0 Å². The molecule has 0 spiro atoms. The summed E-state index contributed by atoms with van der Waals surface area (Å²) in [7, 11) is 0. The van der Waals surface area contributed by atoms with Crippen LogP contribution >= 0.6 is 0 Å². The molecule has 6 rings (SSSR count). The van der Waals surface area contributed by atoms with Gasteiger partial charge in [-0.25, -0.2) is 9.97 Å². The van der Waals surface area contributed by atoms with Gasteiger partial charge in [-0.3, -0.25) is 4.79 Å². The van der Waals surface area contributed by atoms with E-state index in [-0.39, 0.29) is 0 Å². The van der Waals surface area contributed by atoms with Crippen LogP contribution in [-0.4, -0.2) is 34.1 Å². The Morgan fingerprint density at radius 3 is 2.35 bits per heavy atom. The molecule has 6 nitrogen and oxygen atoms in total. The highest BCUT2D eigenvalue weighted by Gasteiger charge is 2.56. The third-order valence-electron chi connectivity index (χ3n) is 6.76. The van der Waals surface area contributed by atoms with E-state index in [9.17, 15) is 4.79 Å². The maximum Gasteiger partial charge on any atom is 0.252 e. The van der Waals surface area contributed by atoms with Gasteiger partial charge in [0.05, 0.1) is 23.5 Å². The molecule has 3 N–H and O–H groups in total. The van der Waals surface area contributed by atoms with E-state index in [0.717, 1.165) is 43.7 Å². The van der Waals surface area contributed by atoms with Crippen molar-refractivity contribution in [3.63, 3.8) is 0 Å². The standard InChI is InChI=1S/C20H28N4O2/c21-18(25)16-11-22-19(24-17(16)10-20-7-12(8-20)9-20)23-13-1-3-14(4-2-13)26-15-5-6-15/h11-15H,1-10H2,(H2,21,25)(H,22,23,24)/t12?,13-,14-,20?. The monoisotopic (exact) mass is 356 g/mol. The average Bonchev–Trinajstić information content (AvgIpc) is 3.36. The molecule has 2 bridgehead atoms. The van der Waals surface area contributed by atoms with E-state index in [4.69, 9.17) is 15.5 Å². The Hall–Kier alpha value is -1.69. The molecule has 0 atom stereocenters. The van der Waals surface area contributed by atoms with Crippen LogP contribution in [0, 0.1) is 11.3 Å². The van der Waals surface area contributed by atoms with Crippen molar-refractivity contribution >= 4 is 11.9 Å². The fraction of sp³-hybridized carbons (Fsp3) is 0.750. The fourth-order valence-corrected chi connectivity index (χ4v) is 5.06. The van der Waals surface area contributed by atoms with Gasteiger partial charge in [0.1, 0.15) is 0 Å². The first-order valence-electron chi connectivity index (χ1n) is 10.2. The third kappa shape index (κ3) is 3.20. The van der Waals surface area contributed by atoms with Crippen molar-refractivity contribution < 1.29 is 9.53 Å². The van der Waals surface area contributed by atoms with Crippen molar-refractivity contribution in [2.45, 2.75) is 82.5 Å². The van der Waals surface area contributed by atoms with Crippen LogP contribution in [0.15, 0.2) is 6.20 Å². The quantitative estimate of drug-likeness (QED) is 0.784. The second-order valence-electron chi connectivity index (χ2n) is 9.03. The van der Waals surface area contributed by atoms with E-state index in [1.807, 2.05) is 0 Å². The predicted molar refractivity (Wildman–Crippen MR) is 97.8 cm³/mol. The molecule has 5 aliphatic carbocycles. The summed E-state index contributed by atoms with van der Waals surface area (Å²) in [5.74, 6) is 1.14. The molecule has 6 heteroatoms. The summed E-state index contributed by atoms with van der Waals surface area (Å²) < 4.78 is 6.03. The maximum absolute atomic E-state index is 11.8. The van der Waals surface area contributed by atoms with Gasteiger partial charge in [0.2, 0.25) is 5.95 Å². The van der Waals surface area contributed by atoms with Crippen LogP contribution in [0.4, 0.5) is 5.95 Å². The molecule has 1 amide bonds. The number of aromatic nitrogens is 2. The van der Waals surface area contributed by atoms with Crippen LogP contribution < -0.4 is 11.1 Å². The number of primary amides is 1. The minimum Gasteiger partial charge on any atom is -0.375 e. The molecular weight excluding hydrogens is 328 g/mol. The summed E-state index contributed by atoms with van der Waals surface area (Å²) in [5, 5.41) is 3.48. The molecule has 5 saturated carbocycles. The number of carbonyl (C=O) groups is 1. The normalized spacial score (nSPS) is 35.3. The Kier molecular flexibility index (Phi) is 3.92.